The van der Waals surface area contributed by atoms with Crippen LogP contribution in [0.5, 0.6) is 0 Å². The van der Waals surface area contributed by atoms with Gasteiger partial charge in [0.05, 0.1) is 0 Å². The molecule has 0 radical (unpaired) electrons. The van der Waals surface area contributed by atoms with Crippen LogP contribution in [0.15, 0.2) is 59.1 Å². The van der Waals surface area contributed by atoms with Gasteiger partial charge in [0.25, 0.3) is 5.91 Å². The number of carbonyl (C=O) groups is 1. The van der Waals surface area contributed by atoms with Gasteiger partial charge in [0.15, 0.2) is 0 Å². The fourth-order valence-corrected chi connectivity index (χ4v) is 3.20. The number of rotatable bonds is 3. The molecule has 132 valence electrons. The number of carbonyl (C=O) groups excluding carboxylic acids is 1. The molecule has 1 aliphatic heterocycles. The number of aryl methyl sites for hydroxylation is 1. The quantitative estimate of drug-likeness (QED) is 0.728. The molecular weight excluding hydrogens is 328 g/mol. The molecule has 0 aliphatic carbocycles. The van der Waals surface area contributed by atoms with Crippen LogP contribution in [0.1, 0.15) is 16.2 Å². The summed E-state index contributed by atoms with van der Waals surface area (Å²) in [5, 5.41) is 3.92. The van der Waals surface area contributed by atoms with Crippen molar-refractivity contribution in [1.82, 2.24) is 15.0 Å². The molecule has 3 aromatic rings. The minimum Gasteiger partial charge on any atom is -0.368 e. The molecule has 26 heavy (non-hydrogen) atoms. The molecule has 4 rings (SSSR count). The lowest BCUT2D eigenvalue weighted by molar-refractivity contribution is 0.0747. The normalized spacial score (nSPS) is 14.5. The van der Waals surface area contributed by atoms with Crippen molar-refractivity contribution in [1.29, 1.82) is 0 Å². The summed E-state index contributed by atoms with van der Waals surface area (Å²) in [4.78, 5) is 21.3. The lowest BCUT2D eigenvalue weighted by atomic mass is 10.1. The van der Waals surface area contributed by atoms with E-state index in [0.29, 0.717) is 30.4 Å². The van der Waals surface area contributed by atoms with Crippen LogP contribution in [-0.4, -0.2) is 47.1 Å². The van der Waals surface area contributed by atoms with Gasteiger partial charge in [-0.3, -0.25) is 4.79 Å². The maximum atomic E-state index is 12.9. The predicted octanol–water partition coefficient (Wildman–Crippen LogP) is 3.01. The number of hydrogen-bond acceptors (Lipinski definition) is 5. The number of anilines is 1. The van der Waals surface area contributed by atoms with E-state index in [1.54, 1.807) is 6.92 Å². The summed E-state index contributed by atoms with van der Waals surface area (Å²) < 4.78 is 5.03. The smallest absolute Gasteiger partial charge is 0.253 e. The van der Waals surface area contributed by atoms with Crippen LogP contribution in [0.4, 0.5) is 5.69 Å². The molecule has 2 heterocycles. The van der Waals surface area contributed by atoms with Gasteiger partial charge < -0.3 is 14.3 Å². The molecule has 0 N–H and O–H groups in total. The summed E-state index contributed by atoms with van der Waals surface area (Å²) in [6.07, 6.45) is 0. The summed E-state index contributed by atoms with van der Waals surface area (Å²) in [5.41, 5.74) is 2.64. The zero-order valence-electron chi connectivity index (χ0n) is 14.6. The molecule has 6 heteroatoms. The molecule has 1 amide bonds. The van der Waals surface area contributed by atoms with Gasteiger partial charge in [-0.2, -0.15) is 4.98 Å². The molecule has 0 spiro atoms. The van der Waals surface area contributed by atoms with Gasteiger partial charge in [0.1, 0.15) is 0 Å². The Morgan fingerprint density at radius 1 is 1.00 bits per heavy atom. The Hall–Kier alpha value is -3.15. The Balaban J connectivity index is 1.45. The Bertz CT molecular complexity index is 899. The van der Waals surface area contributed by atoms with Gasteiger partial charge >= 0.3 is 0 Å². The van der Waals surface area contributed by atoms with E-state index in [0.717, 1.165) is 18.7 Å². The lowest BCUT2D eigenvalue weighted by Gasteiger charge is -2.36. The van der Waals surface area contributed by atoms with E-state index in [2.05, 4.69) is 27.2 Å². The number of piperazine rings is 1. The highest BCUT2D eigenvalue weighted by Gasteiger charge is 2.22. The largest absolute Gasteiger partial charge is 0.368 e. The first-order valence-corrected chi connectivity index (χ1v) is 8.71. The van der Waals surface area contributed by atoms with Crippen molar-refractivity contribution >= 4 is 11.6 Å². The third kappa shape index (κ3) is 3.31. The van der Waals surface area contributed by atoms with Crippen molar-refractivity contribution in [3.05, 3.63) is 66.1 Å². The van der Waals surface area contributed by atoms with E-state index in [9.17, 15) is 4.79 Å². The zero-order chi connectivity index (χ0) is 17.9. The van der Waals surface area contributed by atoms with E-state index in [1.807, 2.05) is 47.4 Å². The summed E-state index contributed by atoms with van der Waals surface area (Å²) in [6.45, 7) is 4.83. The van der Waals surface area contributed by atoms with Gasteiger partial charge in [-0.05, 0) is 24.3 Å². The summed E-state index contributed by atoms with van der Waals surface area (Å²) in [7, 11) is 0. The van der Waals surface area contributed by atoms with Crippen LogP contribution in [0.2, 0.25) is 0 Å². The second-order valence-electron chi connectivity index (χ2n) is 6.33. The minimum absolute atomic E-state index is 0.0415. The molecule has 0 atom stereocenters. The average Bonchev–Trinajstić information content (AvgIpc) is 3.15. The molecule has 0 unspecified atom stereocenters. The van der Waals surface area contributed by atoms with E-state index >= 15 is 0 Å². The highest BCUT2D eigenvalue weighted by Crippen LogP contribution is 2.20. The molecule has 2 aromatic carbocycles. The third-order valence-corrected chi connectivity index (χ3v) is 4.58. The Morgan fingerprint density at radius 3 is 2.46 bits per heavy atom. The maximum absolute atomic E-state index is 12.9. The van der Waals surface area contributed by atoms with E-state index in [-0.39, 0.29) is 5.91 Å². The first-order valence-electron chi connectivity index (χ1n) is 8.71. The third-order valence-electron chi connectivity index (χ3n) is 4.58. The Kier molecular flexibility index (Phi) is 4.39. The van der Waals surface area contributed by atoms with Crippen molar-refractivity contribution in [2.45, 2.75) is 6.92 Å². The van der Waals surface area contributed by atoms with Crippen molar-refractivity contribution in [3.8, 4) is 11.4 Å². The van der Waals surface area contributed by atoms with Crippen molar-refractivity contribution < 1.29 is 9.32 Å². The molecule has 0 saturated carbocycles. The van der Waals surface area contributed by atoms with Crippen molar-refractivity contribution in [3.63, 3.8) is 0 Å². The molecule has 6 nitrogen and oxygen atoms in total. The summed E-state index contributed by atoms with van der Waals surface area (Å²) >= 11 is 0. The molecular formula is C20H20N4O2. The number of para-hydroxylation sites is 1. The Morgan fingerprint density at radius 2 is 1.77 bits per heavy atom. The van der Waals surface area contributed by atoms with Gasteiger partial charge in [-0.1, -0.05) is 35.5 Å². The zero-order valence-corrected chi connectivity index (χ0v) is 14.6. The number of hydrogen-bond donors (Lipinski definition) is 0. The van der Waals surface area contributed by atoms with E-state index in [1.165, 1.54) is 5.69 Å². The van der Waals surface area contributed by atoms with Gasteiger partial charge in [0.2, 0.25) is 11.7 Å². The first-order chi connectivity index (χ1) is 12.7. The fraction of sp³-hybridized carbons (Fsp3) is 0.250. The topological polar surface area (TPSA) is 62.5 Å². The van der Waals surface area contributed by atoms with Gasteiger partial charge in [-0.25, -0.2) is 0 Å². The highest BCUT2D eigenvalue weighted by atomic mass is 16.5. The van der Waals surface area contributed by atoms with Gasteiger partial charge in [0, 0.05) is 49.9 Å². The molecule has 1 aliphatic rings. The molecule has 1 fully saturated rings. The first kappa shape index (κ1) is 16.3. The van der Waals surface area contributed by atoms with Crippen LogP contribution in [-0.2, 0) is 0 Å². The summed E-state index contributed by atoms with van der Waals surface area (Å²) in [5.74, 6) is 1.06. The standard InChI is InChI=1S/C20H20N4O2/c1-15-21-19(22-26-15)16-6-5-7-17(14-16)20(25)24-12-10-23(11-13-24)18-8-3-2-4-9-18/h2-9,14H,10-13H2,1H3. The Labute approximate surface area is 152 Å². The molecule has 1 saturated heterocycles. The average molecular weight is 348 g/mol. The fourth-order valence-electron chi connectivity index (χ4n) is 3.20. The number of aromatic nitrogens is 2. The van der Waals surface area contributed by atoms with E-state index in [4.69, 9.17) is 4.52 Å². The number of amides is 1. The van der Waals surface area contributed by atoms with Crippen LogP contribution < -0.4 is 4.90 Å². The van der Waals surface area contributed by atoms with Gasteiger partial charge in [-0.15, -0.1) is 0 Å². The maximum Gasteiger partial charge on any atom is 0.253 e. The minimum atomic E-state index is 0.0415. The second kappa shape index (κ2) is 7.00. The number of nitrogens with zero attached hydrogens (tertiary/aromatic N) is 4. The number of benzene rings is 2. The van der Waals surface area contributed by atoms with Crippen LogP contribution in [0.3, 0.4) is 0 Å². The highest BCUT2D eigenvalue weighted by molar-refractivity contribution is 5.95. The molecule has 1 aromatic heterocycles. The van der Waals surface area contributed by atoms with Crippen LogP contribution >= 0.6 is 0 Å². The van der Waals surface area contributed by atoms with Crippen LogP contribution in [0.25, 0.3) is 11.4 Å². The summed E-state index contributed by atoms with van der Waals surface area (Å²) in [6, 6.07) is 17.7. The van der Waals surface area contributed by atoms with E-state index < -0.39 is 0 Å². The second-order valence-corrected chi connectivity index (χ2v) is 6.33. The van der Waals surface area contributed by atoms with Crippen molar-refractivity contribution in [2.75, 3.05) is 31.1 Å². The molecule has 0 bridgehead atoms. The lowest BCUT2D eigenvalue weighted by Crippen LogP contribution is -2.48. The monoisotopic (exact) mass is 348 g/mol. The van der Waals surface area contributed by atoms with Crippen molar-refractivity contribution in [2.24, 2.45) is 0 Å². The van der Waals surface area contributed by atoms with Crippen LogP contribution in [0, 0.1) is 6.92 Å². The predicted molar refractivity (Wildman–Crippen MR) is 99.0 cm³/mol. The SMILES string of the molecule is Cc1nc(-c2cccc(C(=O)N3CCN(c4ccccc4)CC3)c2)no1.